The number of benzene rings is 3. The van der Waals surface area contributed by atoms with Crippen molar-refractivity contribution < 1.29 is 0 Å². The molecular weight excluding hydrogens is 390 g/mol. The number of hydrogen-bond donors (Lipinski definition) is 1. The van der Waals surface area contributed by atoms with Crippen molar-refractivity contribution in [2.45, 2.75) is 6.92 Å². The van der Waals surface area contributed by atoms with Gasteiger partial charge in [0.15, 0.2) is 0 Å². The zero-order valence-electron chi connectivity index (χ0n) is 18.1. The van der Waals surface area contributed by atoms with Crippen molar-refractivity contribution in [3.63, 3.8) is 0 Å². The highest BCUT2D eigenvalue weighted by molar-refractivity contribution is 5.82. The average Bonchev–Trinajstić information content (AvgIpc) is 2.85. The highest BCUT2D eigenvalue weighted by atomic mass is 15.1. The molecule has 4 aromatic rings. The van der Waals surface area contributed by atoms with Crippen LogP contribution in [0.2, 0.25) is 0 Å². The van der Waals surface area contributed by atoms with Crippen molar-refractivity contribution in [3.8, 4) is 11.1 Å². The quantitative estimate of drug-likeness (QED) is 0.248. The molecule has 3 nitrogen and oxygen atoms in total. The fourth-order valence-electron chi connectivity index (χ4n) is 3.57. The molecule has 0 saturated heterocycles. The summed E-state index contributed by atoms with van der Waals surface area (Å²) in [5, 5.41) is 7.16. The Labute approximate surface area is 189 Å². The molecule has 0 amide bonds. The van der Waals surface area contributed by atoms with Gasteiger partial charge < -0.3 is 10.3 Å². The van der Waals surface area contributed by atoms with Gasteiger partial charge in [0, 0.05) is 35.7 Å². The summed E-state index contributed by atoms with van der Waals surface area (Å²) in [6.45, 7) is 6.19. The molecule has 0 aliphatic rings. The van der Waals surface area contributed by atoms with Crippen LogP contribution in [-0.2, 0) is 0 Å². The van der Waals surface area contributed by atoms with Crippen molar-refractivity contribution >= 4 is 28.8 Å². The monoisotopic (exact) mass is 415 g/mol. The number of anilines is 3. The predicted molar refractivity (Wildman–Crippen MR) is 136 cm³/mol. The van der Waals surface area contributed by atoms with Crippen LogP contribution in [0.25, 0.3) is 16.7 Å². The zero-order chi connectivity index (χ0) is 22.3. The summed E-state index contributed by atoms with van der Waals surface area (Å²) >= 11 is 0. The van der Waals surface area contributed by atoms with E-state index in [9.17, 15) is 0 Å². The number of aromatic nitrogens is 1. The average molecular weight is 416 g/mol. The molecule has 0 saturated carbocycles. The van der Waals surface area contributed by atoms with E-state index in [4.69, 9.17) is 5.41 Å². The van der Waals surface area contributed by atoms with E-state index in [0.29, 0.717) is 0 Å². The number of allylic oxidation sites excluding steroid dienone is 3. The van der Waals surface area contributed by atoms with E-state index in [0.717, 1.165) is 39.3 Å². The largest absolute Gasteiger partial charge is 0.311 e. The second kappa shape index (κ2) is 9.71. The molecule has 3 heteroatoms. The van der Waals surface area contributed by atoms with E-state index in [2.05, 4.69) is 96.2 Å². The van der Waals surface area contributed by atoms with Gasteiger partial charge in [0.05, 0.1) is 0 Å². The van der Waals surface area contributed by atoms with Crippen LogP contribution in [0.3, 0.4) is 0 Å². The lowest BCUT2D eigenvalue weighted by Crippen LogP contribution is -2.09. The SMILES string of the molecule is C=C(/C=C\C=N)c1ccc(N(c2ccc(C)cc2)c2ccc(-c3ccncc3)cc2)cc1. The Balaban J connectivity index is 1.71. The minimum atomic E-state index is 0.878. The summed E-state index contributed by atoms with van der Waals surface area (Å²) in [6.07, 6.45) is 8.41. The summed E-state index contributed by atoms with van der Waals surface area (Å²) in [4.78, 5) is 6.36. The molecule has 32 heavy (non-hydrogen) atoms. The van der Waals surface area contributed by atoms with Gasteiger partial charge in [0.25, 0.3) is 0 Å². The normalized spacial score (nSPS) is 10.8. The first-order chi connectivity index (χ1) is 15.7. The summed E-state index contributed by atoms with van der Waals surface area (Å²) in [6, 6.07) is 29.5. The Morgan fingerprint density at radius 1 is 0.750 bits per heavy atom. The maximum Gasteiger partial charge on any atom is 0.0462 e. The van der Waals surface area contributed by atoms with Crippen LogP contribution in [-0.4, -0.2) is 11.2 Å². The molecule has 0 aliphatic carbocycles. The Kier molecular flexibility index (Phi) is 6.38. The Morgan fingerprint density at radius 3 is 1.81 bits per heavy atom. The lowest BCUT2D eigenvalue weighted by atomic mass is 10.0. The lowest BCUT2D eigenvalue weighted by molar-refractivity contribution is 1.27. The van der Waals surface area contributed by atoms with Gasteiger partial charge in [-0.3, -0.25) is 4.98 Å². The maximum atomic E-state index is 7.16. The van der Waals surface area contributed by atoms with E-state index in [1.807, 2.05) is 30.6 Å². The molecule has 0 unspecified atom stereocenters. The second-order valence-electron chi connectivity index (χ2n) is 7.55. The zero-order valence-corrected chi connectivity index (χ0v) is 18.1. The van der Waals surface area contributed by atoms with Crippen LogP contribution in [0.4, 0.5) is 17.1 Å². The summed E-state index contributed by atoms with van der Waals surface area (Å²) in [5.74, 6) is 0. The number of nitrogens with zero attached hydrogens (tertiary/aromatic N) is 2. The number of hydrogen-bond acceptors (Lipinski definition) is 3. The molecular formula is C29H25N3. The van der Waals surface area contributed by atoms with Crippen LogP contribution >= 0.6 is 0 Å². The van der Waals surface area contributed by atoms with Crippen LogP contribution in [0, 0.1) is 12.3 Å². The van der Waals surface area contributed by atoms with E-state index in [-0.39, 0.29) is 0 Å². The fourth-order valence-corrected chi connectivity index (χ4v) is 3.57. The molecule has 0 aliphatic heterocycles. The summed E-state index contributed by atoms with van der Waals surface area (Å²) < 4.78 is 0. The van der Waals surface area contributed by atoms with Crippen LogP contribution in [0.5, 0.6) is 0 Å². The Bertz CT molecular complexity index is 1220. The van der Waals surface area contributed by atoms with Gasteiger partial charge in [-0.15, -0.1) is 0 Å². The van der Waals surface area contributed by atoms with Gasteiger partial charge in [0.1, 0.15) is 0 Å². The lowest BCUT2D eigenvalue weighted by Gasteiger charge is -2.26. The molecule has 0 bridgehead atoms. The topological polar surface area (TPSA) is 40.0 Å². The Hall–Kier alpha value is -4.24. The van der Waals surface area contributed by atoms with Gasteiger partial charge in [-0.05, 0) is 83.8 Å². The van der Waals surface area contributed by atoms with Crippen molar-refractivity contribution in [2.24, 2.45) is 0 Å². The van der Waals surface area contributed by atoms with Crippen molar-refractivity contribution in [1.29, 1.82) is 5.41 Å². The first-order valence-electron chi connectivity index (χ1n) is 10.5. The number of aryl methyl sites for hydroxylation is 1. The molecule has 0 radical (unpaired) electrons. The van der Waals surface area contributed by atoms with Gasteiger partial charge in [-0.2, -0.15) is 0 Å². The van der Waals surface area contributed by atoms with Gasteiger partial charge in [0.2, 0.25) is 0 Å². The molecule has 0 fully saturated rings. The number of rotatable bonds is 7. The highest BCUT2D eigenvalue weighted by Gasteiger charge is 2.13. The summed E-state index contributed by atoms with van der Waals surface area (Å²) in [7, 11) is 0. The third-order valence-electron chi connectivity index (χ3n) is 5.32. The highest BCUT2D eigenvalue weighted by Crippen LogP contribution is 2.36. The minimum Gasteiger partial charge on any atom is -0.311 e. The van der Waals surface area contributed by atoms with Crippen molar-refractivity contribution in [2.75, 3.05) is 4.90 Å². The first kappa shape index (κ1) is 21.0. The second-order valence-corrected chi connectivity index (χ2v) is 7.55. The predicted octanol–water partition coefficient (Wildman–Crippen LogP) is 7.75. The minimum absolute atomic E-state index is 0.878. The molecule has 156 valence electrons. The number of pyridine rings is 1. The molecule has 0 spiro atoms. The third kappa shape index (κ3) is 4.73. The van der Waals surface area contributed by atoms with E-state index in [1.165, 1.54) is 11.8 Å². The van der Waals surface area contributed by atoms with Gasteiger partial charge >= 0.3 is 0 Å². The first-order valence-corrected chi connectivity index (χ1v) is 10.5. The fraction of sp³-hybridized carbons (Fsp3) is 0.0345. The maximum absolute atomic E-state index is 7.16. The molecule has 1 aromatic heterocycles. The van der Waals surface area contributed by atoms with Crippen LogP contribution in [0.15, 0.2) is 116 Å². The van der Waals surface area contributed by atoms with Crippen molar-refractivity contribution in [1.82, 2.24) is 4.98 Å². The van der Waals surface area contributed by atoms with Gasteiger partial charge in [-0.1, -0.05) is 54.6 Å². The standard InChI is InChI=1S/C29H25N3/c1-22-5-11-27(12-6-22)32(28-13-7-24(8-14-28)23(2)4-3-19-30)29-15-9-25(10-16-29)26-17-20-31-21-18-26/h3-21,30H,2H2,1H3/b4-3-,30-19?. The molecule has 0 atom stereocenters. The number of nitrogens with one attached hydrogen (secondary N) is 1. The van der Waals surface area contributed by atoms with E-state index < -0.39 is 0 Å². The molecule has 1 N–H and O–H groups in total. The Morgan fingerprint density at radius 2 is 1.25 bits per heavy atom. The van der Waals surface area contributed by atoms with Crippen molar-refractivity contribution in [3.05, 3.63) is 127 Å². The molecule has 1 heterocycles. The smallest absolute Gasteiger partial charge is 0.0462 e. The molecule has 4 rings (SSSR count). The van der Waals surface area contributed by atoms with Gasteiger partial charge in [-0.25, -0.2) is 0 Å². The van der Waals surface area contributed by atoms with Crippen LogP contribution < -0.4 is 4.90 Å². The molecule has 3 aromatic carbocycles. The summed E-state index contributed by atoms with van der Waals surface area (Å²) in [5.41, 5.74) is 8.69. The van der Waals surface area contributed by atoms with Crippen LogP contribution in [0.1, 0.15) is 11.1 Å². The van der Waals surface area contributed by atoms with E-state index in [1.54, 1.807) is 6.08 Å². The third-order valence-corrected chi connectivity index (χ3v) is 5.32. The van der Waals surface area contributed by atoms with E-state index >= 15 is 0 Å².